The Bertz CT molecular complexity index is 519. The highest BCUT2D eigenvalue weighted by molar-refractivity contribution is 5.74. The van der Waals surface area contributed by atoms with Gasteiger partial charge in [0.15, 0.2) is 0 Å². The van der Waals surface area contributed by atoms with Crippen LogP contribution in [0.3, 0.4) is 0 Å². The zero-order chi connectivity index (χ0) is 15.0. The van der Waals surface area contributed by atoms with Crippen LogP contribution < -0.4 is 0 Å². The summed E-state index contributed by atoms with van der Waals surface area (Å²) in [6.07, 6.45) is 6.79. The average molecular weight is 292 g/mol. The van der Waals surface area contributed by atoms with Crippen molar-refractivity contribution in [2.24, 2.45) is 12.5 Å². The minimum Gasteiger partial charge on any atom is -0.480 e. The van der Waals surface area contributed by atoms with E-state index in [1.807, 2.05) is 31.4 Å². The van der Waals surface area contributed by atoms with E-state index < -0.39 is 5.97 Å². The second-order valence-electron chi connectivity index (χ2n) is 6.70. The number of rotatable bonds is 3. The van der Waals surface area contributed by atoms with E-state index in [4.69, 9.17) is 0 Å². The lowest BCUT2D eigenvalue weighted by atomic mass is 9.76. The predicted molar refractivity (Wildman–Crippen MR) is 78.8 cm³/mol. The molecule has 1 atom stereocenters. The molecule has 0 aromatic carbocycles. The zero-order valence-corrected chi connectivity index (χ0v) is 12.8. The molecule has 3 rings (SSSR count). The number of imidazole rings is 1. The third kappa shape index (κ3) is 2.82. The van der Waals surface area contributed by atoms with Crippen molar-refractivity contribution in [1.82, 2.24) is 19.4 Å². The molecule has 0 bridgehead atoms. The molecule has 0 saturated carbocycles. The standard InChI is InChI=1S/C15H24N4O2/c1-17-8-5-16-13(17)10-19-6-3-15(4-7-19)9-12(14(20)21)18(2)11-15/h5,8,12H,3-4,6-7,9-11H2,1-2H3,(H,20,21)/t12-/m0/s1. The number of aromatic nitrogens is 2. The summed E-state index contributed by atoms with van der Waals surface area (Å²) in [6.45, 7) is 3.87. The highest BCUT2D eigenvalue weighted by atomic mass is 16.4. The van der Waals surface area contributed by atoms with Gasteiger partial charge in [0.2, 0.25) is 0 Å². The fourth-order valence-corrected chi connectivity index (χ4v) is 3.84. The molecule has 0 radical (unpaired) electrons. The summed E-state index contributed by atoms with van der Waals surface area (Å²) in [5.41, 5.74) is 0.204. The smallest absolute Gasteiger partial charge is 0.320 e. The number of piperidine rings is 1. The summed E-state index contributed by atoms with van der Waals surface area (Å²) in [5, 5.41) is 9.29. The van der Waals surface area contributed by atoms with Crippen LogP contribution in [-0.4, -0.2) is 63.2 Å². The van der Waals surface area contributed by atoms with E-state index >= 15 is 0 Å². The molecule has 0 unspecified atom stereocenters. The summed E-state index contributed by atoms with van der Waals surface area (Å²) in [6, 6.07) is -0.300. The van der Waals surface area contributed by atoms with Gasteiger partial charge in [-0.1, -0.05) is 0 Å². The molecule has 6 nitrogen and oxygen atoms in total. The van der Waals surface area contributed by atoms with Crippen LogP contribution in [-0.2, 0) is 18.4 Å². The van der Waals surface area contributed by atoms with Crippen LogP contribution in [0.15, 0.2) is 12.4 Å². The van der Waals surface area contributed by atoms with Crippen LogP contribution in [0.1, 0.15) is 25.1 Å². The fourth-order valence-electron chi connectivity index (χ4n) is 3.84. The van der Waals surface area contributed by atoms with Crippen LogP contribution in [0.5, 0.6) is 0 Å². The van der Waals surface area contributed by atoms with Gasteiger partial charge in [-0.3, -0.25) is 14.6 Å². The first kappa shape index (κ1) is 14.5. The molecule has 0 aliphatic carbocycles. The Kier molecular flexibility index (Phi) is 3.75. The Labute approximate surface area is 125 Å². The first-order valence-electron chi connectivity index (χ1n) is 7.61. The van der Waals surface area contributed by atoms with Crippen LogP contribution in [0.2, 0.25) is 0 Å². The minimum absolute atomic E-state index is 0.204. The maximum Gasteiger partial charge on any atom is 0.320 e. The van der Waals surface area contributed by atoms with E-state index in [2.05, 4.69) is 14.5 Å². The number of hydrogen-bond acceptors (Lipinski definition) is 4. The molecule has 2 aliphatic heterocycles. The summed E-state index contributed by atoms with van der Waals surface area (Å²) in [5.74, 6) is 0.419. The quantitative estimate of drug-likeness (QED) is 0.892. The van der Waals surface area contributed by atoms with E-state index in [1.165, 1.54) is 0 Å². The van der Waals surface area contributed by atoms with Gasteiger partial charge in [-0.2, -0.15) is 0 Å². The van der Waals surface area contributed by atoms with Gasteiger partial charge < -0.3 is 9.67 Å². The van der Waals surface area contributed by atoms with Gasteiger partial charge in [-0.15, -0.1) is 0 Å². The lowest BCUT2D eigenvalue weighted by Crippen LogP contribution is -2.41. The molecule has 2 saturated heterocycles. The van der Waals surface area contributed by atoms with E-state index in [0.29, 0.717) is 0 Å². The van der Waals surface area contributed by atoms with Crippen LogP contribution >= 0.6 is 0 Å². The van der Waals surface area contributed by atoms with Gasteiger partial charge in [0.1, 0.15) is 11.9 Å². The highest BCUT2D eigenvalue weighted by Crippen LogP contribution is 2.42. The van der Waals surface area contributed by atoms with Crippen molar-refractivity contribution >= 4 is 5.97 Å². The van der Waals surface area contributed by atoms with Crippen molar-refractivity contribution in [3.8, 4) is 0 Å². The van der Waals surface area contributed by atoms with Crippen molar-refractivity contribution in [1.29, 1.82) is 0 Å². The normalized spacial score (nSPS) is 26.5. The summed E-state index contributed by atoms with van der Waals surface area (Å²) >= 11 is 0. The Balaban J connectivity index is 1.58. The van der Waals surface area contributed by atoms with Crippen molar-refractivity contribution in [2.75, 3.05) is 26.7 Å². The maximum absolute atomic E-state index is 11.3. The average Bonchev–Trinajstić information content (AvgIpc) is 2.98. The van der Waals surface area contributed by atoms with E-state index in [9.17, 15) is 9.90 Å². The summed E-state index contributed by atoms with van der Waals surface area (Å²) in [7, 11) is 3.96. The zero-order valence-electron chi connectivity index (χ0n) is 12.8. The number of nitrogens with zero attached hydrogens (tertiary/aromatic N) is 4. The van der Waals surface area contributed by atoms with Crippen molar-refractivity contribution in [3.63, 3.8) is 0 Å². The molecule has 1 aromatic rings. The van der Waals surface area contributed by atoms with Crippen LogP contribution in [0.4, 0.5) is 0 Å². The molecule has 1 aromatic heterocycles. The topological polar surface area (TPSA) is 61.6 Å². The number of hydrogen-bond donors (Lipinski definition) is 1. The van der Waals surface area contributed by atoms with Crippen LogP contribution in [0, 0.1) is 5.41 Å². The van der Waals surface area contributed by atoms with Crippen molar-refractivity contribution in [3.05, 3.63) is 18.2 Å². The molecule has 116 valence electrons. The summed E-state index contributed by atoms with van der Waals surface area (Å²) < 4.78 is 2.06. The van der Waals surface area contributed by atoms with Gasteiger partial charge in [-0.05, 0) is 44.8 Å². The highest BCUT2D eigenvalue weighted by Gasteiger charge is 2.46. The van der Waals surface area contributed by atoms with Gasteiger partial charge in [0, 0.05) is 26.0 Å². The Morgan fingerprint density at radius 1 is 1.43 bits per heavy atom. The molecule has 1 N–H and O–H groups in total. The summed E-state index contributed by atoms with van der Waals surface area (Å²) in [4.78, 5) is 20.1. The molecule has 3 heterocycles. The molecule has 21 heavy (non-hydrogen) atoms. The first-order chi connectivity index (χ1) is 9.99. The van der Waals surface area contributed by atoms with Gasteiger partial charge in [0.05, 0.1) is 6.54 Å². The lowest BCUT2D eigenvalue weighted by Gasteiger charge is -2.39. The Hall–Kier alpha value is -1.40. The molecule has 0 amide bonds. The van der Waals surface area contributed by atoms with Gasteiger partial charge >= 0.3 is 5.97 Å². The molecule has 6 heteroatoms. The molecule has 2 aliphatic rings. The third-order valence-corrected chi connectivity index (χ3v) is 5.23. The Morgan fingerprint density at radius 2 is 2.14 bits per heavy atom. The van der Waals surface area contributed by atoms with E-state index in [0.717, 1.165) is 51.3 Å². The molecular formula is C15H24N4O2. The third-order valence-electron chi connectivity index (χ3n) is 5.23. The monoisotopic (exact) mass is 292 g/mol. The van der Waals surface area contributed by atoms with Crippen molar-refractivity contribution in [2.45, 2.75) is 31.8 Å². The molecular weight excluding hydrogens is 268 g/mol. The molecule has 1 spiro atoms. The number of carboxylic acid groups (broad SMARTS) is 1. The van der Waals surface area contributed by atoms with E-state index in [1.54, 1.807) is 0 Å². The molecule has 2 fully saturated rings. The number of likely N-dealkylation sites (tertiary alicyclic amines) is 2. The second kappa shape index (κ2) is 5.42. The first-order valence-corrected chi connectivity index (χ1v) is 7.61. The minimum atomic E-state index is -0.676. The van der Waals surface area contributed by atoms with E-state index in [-0.39, 0.29) is 11.5 Å². The second-order valence-corrected chi connectivity index (χ2v) is 6.70. The van der Waals surface area contributed by atoms with Gasteiger partial charge in [0.25, 0.3) is 0 Å². The van der Waals surface area contributed by atoms with Crippen molar-refractivity contribution < 1.29 is 9.90 Å². The predicted octanol–water partition coefficient (Wildman–Crippen LogP) is 0.791. The largest absolute Gasteiger partial charge is 0.480 e. The number of carbonyl (C=O) groups is 1. The van der Waals surface area contributed by atoms with Gasteiger partial charge in [-0.25, -0.2) is 4.98 Å². The number of likely N-dealkylation sites (N-methyl/N-ethyl adjacent to an activating group) is 1. The SMILES string of the molecule is CN1CC2(CCN(Cc3nccn3C)CC2)C[C@H]1C(=O)O. The maximum atomic E-state index is 11.3. The number of aliphatic carboxylic acids is 1. The Morgan fingerprint density at radius 3 is 2.67 bits per heavy atom. The number of aryl methyl sites for hydroxylation is 1. The number of carboxylic acids is 1. The lowest BCUT2D eigenvalue weighted by molar-refractivity contribution is -0.141. The van der Waals surface area contributed by atoms with Crippen LogP contribution in [0.25, 0.3) is 0 Å². The fraction of sp³-hybridized carbons (Fsp3) is 0.733.